The number of likely N-dealkylation sites (N-methyl/N-ethyl adjacent to an activating group) is 1. The minimum absolute atomic E-state index is 0.0811. The number of benzene rings is 1. The van der Waals surface area contributed by atoms with E-state index in [4.69, 9.17) is 9.15 Å². The van der Waals surface area contributed by atoms with Crippen LogP contribution in [0.25, 0.3) is 0 Å². The predicted molar refractivity (Wildman–Crippen MR) is 98.0 cm³/mol. The van der Waals surface area contributed by atoms with Crippen molar-refractivity contribution in [1.29, 1.82) is 0 Å². The van der Waals surface area contributed by atoms with Crippen molar-refractivity contribution in [2.75, 3.05) is 27.2 Å². The fourth-order valence-corrected chi connectivity index (χ4v) is 2.49. The molecule has 0 unspecified atom stereocenters. The second kappa shape index (κ2) is 9.28. The molecule has 136 valence electrons. The van der Waals surface area contributed by atoms with Crippen molar-refractivity contribution in [3.8, 4) is 5.75 Å². The second-order valence-electron chi connectivity index (χ2n) is 6.91. The molecule has 0 fully saturated rings. The van der Waals surface area contributed by atoms with Crippen molar-refractivity contribution in [3.05, 3.63) is 54.0 Å². The van der Waals surface area contributed by atoms with Crippen LogP contribution in [-0.2, 0) is 0 Å². The lowest BCUT2D eigenvalue weighted by Gasteiger charge is -2.19. The summed E-state index contributed by atoms with van der Waals surface area (Å²) in [5.74, 6) is 2.19. The zero-order valence-electron chi connectivity index (χ0n) is 15.5. The molecule has 1 amide bonds. The fourth-order valence-electron chi connectivity index (χ4n) is 2.49. The Morgan fingerprint density at radius 1 is 1.20 bits per heavy atom. The molecule has 0 radical (unpaired) electrons. The minimum Gasteiger partial charge on any atom is -0.494 e. The van der Waals surface area contributed by atoms with Gasteiger partial charge in [0.25, 0.3) is 5.91 Å². The molecule has 2 aromatic rings. The summed E-state index contributed by atoms with van der Waals surface area (Å²) < 4.78 is 11.2. The third kappa shape index (κ3) is 5.94. The first kappa shape index (κ1) is 19.1. The maximum absolute atomic E-state index is 12.4. The Kier molecular flexibility index (Phi) is 7.07. The lowest BCUT2D eigenvalue weighted by atomic mass is 10.1. The van der Waals surface area contributed by atoms with E-state index in [1.165, 1.54) is 4.90 Å². The number of quaternary nitrogens is 1. The van der Waals surface area contributed by atoms with Gasteiger partial charge in [-0.2, -0.15) is 0 Å². The predicted octanol–water partition coefficient (Wildman–Crippen LogP) is 2.32. The van der Waals surface area contributed by atoms with Gasteiger partial charge in [0.2, 0.25) is 0 Å². The van der Waals surface area contributed by atoms with Crippen LogP contribution >= 0.6 is 0 Å². The van der Waals surface area contributed by atoms with Gasteiger partial charge in [-0.3, -0.25) is 4.79 Å². The van der Waals surface area contributed by atoms with Gasteiger partial charge < -0.3 is 19.4 Å². The van der Waals surface area contributed by atoms with Crippen LogP contribution in [-0.4, -0.2) is 33.2 Å². The molecular formula is C20H29N2O3+. The molecule has 0 aliphatic carbocycles. The Bertz CT molecular complexity index is 633. The molecule has 0 saturated heterocycles. The Balaban J connectivity index is 1.87. The largest absolute Gasteiger partial charge is 0.494 e. The first-order valence-electron chi connectivity index (χ1n) is 8.82. The first-order valence-corrected chi connectivity index (χ1v) is 8.82. The van der Waals surface area contributed by atoms with Crippen molar-refractivity contribution in [2.45, 2.75) is 26.3 Å². The number of ether oxygens (including phenoxy) is 1. The van der Waals surface area contributed by atoms with Crippen molar-refractivity contribution < 1.29 is 18.8 Å². The maximum atomic E-state index is 12.4. The summed E-state index contributed by atoms with van der Waals surface area (Å²) in [7, 11) is 4.09. The molecule has 0 bridgehead atoms. The van der Waals surface area contributed by atoms with E-state index in [0.29, 0.717) is 24.6 Å². The van der Waals surface area contributed by atoms with Crippen LogP contribution in [0, 0.1) is 5.92 Å². The fraction of sp³-hybridized carbons (Fsp3) is 0.450. The van der Waals surface area contributed by atoms with Crippen molar-refractivity contribution in [1.82, 2.24) is 5.32 Å². The van der Waals surface area contributed by atoms with Crippen LogP contribution in [0.2, 0.25) is 0 Å². The van der Waals surface area contributed by atoms with Crippen LogP contribution < -0.4 is 15.0 Å². The number of rotatable bonds is 9. The minimum atomic E-state index is -0.0912. The zero-order chi connectivity index (χ0) is 18.2. The second-order valence-corrected chi connectivity index (χ2v) is 6.91. The van der Waals surface area contributed by atoms with Gasteiger partial charge in [-0.15, -0.1) is 0 Å². The van der Waals surface area contributed by atoms with E-state index in [1.807, 2.05) is 38.4 Å². The Morgan fingerprint density at radius 3 is 2.48 bits per heavy atom. The molecule has 0 saturated carbocycles. The Hall–Kier alpha value is -2.27. The molecule has 5 heteroatoms. The Morgan fingerprint density at radius 2 is 1.92 bits per heavy atom. The van der Waals surface area contributed by atoms with Crippen LogP contribution in [0.3, 0.4) is 0 Å². The van der Waals surface area contributed by atoms with Gasteiger partial charge in [-0.1, -0.05) is 13.8 Å². The summed E-state index contributed by atoms with van der Waals surface area (Å²) in [5, 5.41) is 2.99. The summed E-state index contributed by atoms with van der Waals surface area (Å²) in [6.45, 7) is 5.55. The van der Waals surface area contributed by atoms with E-state index >= 15 is 0 Å². The number of hydrogen-bond acceptors (Lipinski definition) is 3. The number of carbonyl (C=O) groups is 1. The van der Waals surface area contributed by atoms with Crippen molar-refractivity contribution in [2.24, 2.45) is 5.92 Å². The lowest BCUT2D eigenvalue weighted by molar-refractivity contribution is -0.891. The van der Waals surface area contributed by atoms with E-state index in [0.717, 1.165) is 17.9 Å². The standard InChI is InChI=1S/C20H28N2O3/c1-15(2)11-13-24-17-9-7-16(8-10-17)20(23)21-14-18(22(3)4)19-6-5-12-25-19/h5-10,12,15,18H,11,13-14H2,1-4H3,(H,21,23)/p+1/t18-/m1/s1. The molecule has 0 spiro atoms. The maximum Gasteiger partial charge on any atom is 0.251 e. The van der Waals surface area contributed by atoms with Gasteiger partial charge in [-0.05, 0) is 48.7 Å². The SMILES string of the molecule is CC(C)CCOc1ccc(C(=O)NC[C@H](c2ccco2)[NH+](C)C)cc1. The number of amides is 1. The molecule has 2 N–H and O–H groups in total. The lowest BCUT2D eigenvalue weighted by Crippen LogP contribution is -3.07. The van der Waals surface area contributed by atoms with Crippen molar-refractivity contribution in [3.63, 3.8) is 0 Å². The third-order valence-electron chi connectivity index (χ3n) is 4.13. The smallest absolute Gasteiger partial charge is 0.251 e. The highest BCUT2D eigenvalue weighted by molar-refractivity contribution is 5.94. The van der Waals surface area contributed by atoms with Crippen LogP contribution in [0.4, 0.5) is 0 Å². The third-order valence-corrected chi connectivity index (χ3v) is 4.13. The highest BCUT2D eigenvalue weighted by Gasteiger charge is 2.21. The average molecular weight is 345 g/mol. The molecule has 2 rings (SSSR count). The van der Waals surface area contributed by atoms with Crippen molar-refractivity contribution >= 4 is 5.91 Å². The molecule has 1 atom stereocenters. The van der Waals surface area contributed by atoms with Crippen LogP contribution in [0.5, 0.6) is 5.75 Å². The highest BCUT2D eigenvalue weighted by Crippen LogP contribution is 2.14. The molecule has 1 heterocycles. The van der Waals surface area contributed by atoms with E-state index in [1.54, 1.807) is 18.4 Å². The molecule has 1 aromatic heterocycles. The molecule has 25 heavy (non-hydrogen) atoms. The van der Waals surface area contributed by atoms with Gasteiger partial charge in [0, 0.05) is 5.56 Å². The van der Waals surface area contributed by atoms with E-state index < -0.39 is 0 Å². The first-order chi connectivity index (χ1) is 12.0. The summed E-state index contributed by atoms with van der Waals surface area (Å²) >= 11 is 0. The molecular weight excluding hydrogens is 316 g/mol. The number of furan rings is 1. The highest BCUT2D eigenvalue weighted by atomic mass is 16.5. The molecule has 0 aliphatic rings. The normalized spacial score (nSPS) is 12.4. The topological polar surface area (TPSA) is 55.9 Å². The van der Waals surface area contributed by atoms with Gasteiger partial charge >= 0.3 is 0 Å². The van der Waals surface area contributed by atoms with E-state index in [9.17, 15) is 4.79 Å². The summed E-state index contributed by atoms with van der Waals surface area (Å²) in [6, 6.07) is 11.2. The van der Waals surface area contributed by atoms with E-state index in [-0.39, 0.29) is 11.9 Å². The van der Waals surface area contributed by atoms with Gasteiger partial charge in [0.05, 0.1) is 33.5 Å². The summed E-state index contributed by atoms with van der Waals surface area (Å²) in [6.07, 6.45) is 2.67. The molecule has 0 aliphatic heterocycles. The number of hydrogen-bond donors (Lipinski definition) is 2. The monoisotopic (exact) mass is 345 g/mol. The average Bonchev–Trinajstić information content (AvgIpc) is 3.09. The Labute approximate surface area is 150 Å². The van der Waals surface area contributed by atoms with E-state index in [2.05, 4.69) is 19.2 Å². The van der Waals surface area contributed by atoms with Crippen LogP contribution in [0.1, 0.15) is 42.4 Å². The number of carbonyl (C=O) groups excluding carboxylic acids is 1. The van der Waals surface area contributed by atoms with Gasteiger partial charge in [0.1, 0.15) is 5.75 Å². The van der Waals surface area contributed by atoms with Crippen LogP contribution in [0.15, 0.2) is 47.1 Å². The number of nitrogens with one attached hydrogen (secondary N) is 2. The summed E-state index contributed by atoms with van der Waals surface area (Å²) in [5.41, 5.74) is 0.628. The quantitative estimate of drug-likeness (QED) is 0.733. The molecule has 5 nitrogen and oxygen atoms in total. The zero-order valence-corrected chi connectivity index (χ0v) is 15.5. The van der Waals surface area contributed by atoms with Gasteiger partial charge in [-0.25, -0.2) is 0 Å². The van der Waals surface area contributed by atoms with Gasteiger partial charge in [0.15, 0.2) is 11.8 Å². The molecule has 1 aromatic carbocycles. The summed E-state index contributed by atoms with van der Waals surface area (Å²) in [4.78, 5) is 13.6.